The van der Waals surface area contributed by atoms with Gasteiger partial charge in [-0.15, -0.1) is 0 Å². The minimum Gasteiger partial charge on any atom is -0.504 e. The second-order valence-electron chi connectivity index (χ2n) is 8.02. The predicted molar refractivity (Wildman–Crippen MR) is 117 cm³/mol. The van der Waals surface area contributed by atoms with Crippen LogP contribution in [0, 0.1) is 0 Å². The average molecular weight is 408 g/mol. The maximum Gasteiger partial charge on any atom is 0.254 e. The van der Waals surface area contributed by atoms with E-state index in [1.165, 1.54) is 18.5 Å². The lowest BCUT2D eigenvalue weighted by molar-refractivity contribution is 0.0609. The number of carbonyl (C=O) groups is 1. The van der Waals surface area contributed by atoms with Gasteiger partial charge in [-0.1, -0.05) is 25.8 Å². The van der Waals surface area contributed by atoms with Crippen LogP contribution in [0.5, 0.6) is 11.5 Å². The molecule has 0 aromatic heterocycles. The third-order valence-electron chi connectivity index (χ3n) is 5.44. The molecule has 0 radical (unpaired) electrons. The quantitative estimate of drug-likeness (QED) is 0.474. The highest BCUT2D eigenvalue weighted by Gasteiger charge is 2.30. The first-order valence-electron chi connectivity index (χ1n) is 10.8. The van der Waals surface area contributed by atoms with Crippen LogP contribution in [-0.2, 0) is 11.2 Å². The molecule has 0 unspecified atom stereocenters. The molecule has 1 aliphatic heterocycles. The topological polar surface area (TPSA) is 59.0 Å². The first-order chi connectivity index (χ1) is 13.5. The normalized spacial score (nSPS) is 17.8. The first-order valence-corrected chi connectivity index (χ1v) is 12.8. The van der Waals surface area contributed by atoms with Gasteiger partial charge in [-0.2, -0.15) is 0 Å². The molecule has 6 heteroatoms. The summed E-state index contributed by atoms with van der Waals surface area (Å²) in [6.45, 7) is 7.36. The molecule has 1 heterocycles. The van der Waals surface area contributed by atoms with Crippen molar-refractivity contribution in [2.45, 2.75) is 77.0 Å². The van der Waals surface area contributed by atoms with Crippen molar-refractivity contribution in [3.8, 4) is 11.5 Å². The van der Waals surface area contributed by atoms with Gasteiger partial charge >= 0.3 is 0 Å². The van der Waals surface area contributed by atoms with E-state index in [1.54, 1.807) is 19.2 Å². The number of amides is 1. The number of hydrogen-bond acceptors (Lipinski definition) is 4. The Kier molecular flexibility index (Phi) is 9.32. The van der Waals surface area contributed by atoms with Gasteiger partial charge < -0.3 is 19.5 Å². The van der Waals surface area contributed by atoms with Gasteiger partial charge in [0.05, 0.1) is 6.61 Å². The number of carbonyl (C=O) groups excluding carboxylic acids is 1. The van der Waals surface area contributed by atoms with Crippen LogP contribution < -0.4 is 4.74 Å². The van der Waals surface area contributed by atoms with Gasteiger partial charge in [0.2, 0.25) is 0 Å². The van der Waals surface area contributed by atoms with Crippen LogP contribution in [0.1, 0.15) is 62.4 Å². The first kappa shape index (κ1) is 22.8. The van der Waals surface area contributed by atoms with E-state index in [1.807, 2.05) is 0 Å². The zero-order valence-electron chi connectivity index (χ0n) is 18.0. The summed E-state index contributed by atoms with van der Waals surface area (Å²) in [6.07, 6.45) is 4.79. The zero-order chi connectivity index (χ0) is 20.5. The molecule has 0 spiro atoms. The van der Waals surface area contributed by atoms with Gasteiger partial charge in [0.1, 0.15) is 0 Å². The lowest BCUT2D eigenvalue weighted by Gasteiger charge is -2.38. The summed E-state index contributed by atoms with van der Waals surface area (Å²) >= 11 is 0. The Hall–Kier alpha value is -1.53. The molecule has 0 aliphatic carbocycles. The summed E-state index contributed by atoms with van der Waals surface area (Å²) in [5.74, 6) is 0.584. The Morgan fingerprint density at radius 2 is 2.14 bits per heavy atom. The largest absolute Gasteiger partial charge is 0.504 e. The smallest absolute Gasteiger partial charge is 0.254 e. The minimum atomic E-state index is -0.0460. The van der Waals surface area contributed by atoms with Gasteiger partial charge in [0.15, 0.2) is 11.5 Å². The second kappa shape index (κ2) is 11.5. The van der Waals surface area contributed by atoms with E-state index in [9.17, 15) is 9.90 Å². The minimum absolute atomic E-state index is 0.0460. The molecule has 1 atom stereocenters. The fourth-order valence-electron chi connectivity index (χ4n) is 4.11. The Labute approximate surface area is 172 Å². The van der Waals surface area contributed by atoms with Crippen molar-refractivity contribution in [3.05, 3.63) is 23.3 Å². The average Bonchev–Trinajstić information content (AvgIpc) is 2.67. The fourth-order valence-corrected chi connectivity index (χ4v) is 6.08. The number of phenolic OH excluding ortho intramolecular Hbond substituents is 1. The molecule has 1 saturated heterocycles. The molecule has 0 saturated carbocycles. The predicted octanol–water partition coefficient (Wildman–Crippen LogP) is 3.78. The number of benzene rings is 1. The van der Waals surface area contributed by atoms with Crippen molar-refractivity contribution in [3.63, 3.8) is 0 Å². The Morgan fingerprint density at radius 1 is 1.36 bits per heavy atom. The lowest BCUT2D eigenvalue weighted by Crippen LogP contribution is -2.46. The molecule has 0 bridgehead atoms. The van der Waals surface area contributed by atoms with Gasteiger partial charge in [-0.25, -0.2) is 0 Å². The van der Waals surface area contributed by atoms with Crippen molar-refractivity contribution in [1.29, 1.82) is 0 Å². The maximum absolute atomic E-state index is 13.6. The molecule has 158 valence electrons. The monoisotopic (exact) mass is 407 g/mol. The Balaban J connectivity index is 2.31. The summed E-state index contributed by atoms with van der Waals surface area (Å²) in [5, 5.41) is 10.4. The molecule has 5 nitrogen and oxygen atoms in total. The summed E-state index contributed by atoms with van der Waals surface area (Å²) < 4.78 is 10.8. The van der Waals surface area contributed by atoms with Gasteiger partial charge in [0, 0.05) is 47.3 Å². The number of aromatic hydroxyl groups is 1. The molecule has 1 aromatic carbocycles. The van der Waals surface area contributed by atoms with E-state index in [0.717, 1.165) is 31.2 Å². The van der Waals surface area contributed by atoms with Crippen LogP contribution in [-0.4, -0.2) is 57.8 Å². The summed E-state index contributed by atoms with van der Waals surface area (Å²) in [6, 6.07) is 6.62. The summed E-state index contributed by atoms with van der Waals surface area (Å²) in [4.78, 5) is 15.7. The van der Waals surface area contributed by atoms with E-state index >= 15 is 0 Å². The number of nitrogens with zero attached hydrogens (tertiary/aromatic N) is 1. The number of aryl methyl sites for hydroxylation is 1. The lowest BCUT2D eigenvalue weighted by atomic mass is 9.99. The van der Waals surface area contributed by atoms with E-state index in [2.05, 4.69) is 25.7 Å². The molecule has 1 amide bonds. The summed E-state index contributed by atoms with van der Waals surface area (Å²) in [5.41, 5.74) is 1.59. The van der Waals surface area contributed by atoms with Gasteiger partial charge in [-0.05, 0) is 50.4 Å². The third kappa shape index (κ3) is 5.98. The van der Waals surface area contributed by atoms with Crippen LogP contribution in [0.25, 0.3) is 0 Å². The molecule has 1 N–H and O–H groups in total. The van der Waals surface area contributed by atoms with Crippen LogP contribution in [0.15, 0.2) is 12.1 Å². The Morgan fingerprint density at radius 3 is 2.75 bits per heavy atom. The SMILES string of the molecule is CCCc1cc(O)c(OCCCOC)cc1C(=O)N(C(C)C)[C@@H]1CCC[SiH2]C1. The number of hydrogen-bond donors (Lipinski definition) is 1. The molecule has 1 aromatic rings. The van der Waals surface area contributed by atoms with Crippen molar-refractivity contribution in [2.75, 3.05) is 20.3 Å². The summed E-state index contributed by atoms with van der Waals surface area (Å²) in [7, 11) is 1.61. The van der Waals surface area contributed by atoms with Gasteiger partial charge in [0.25, 0.3) is 5.91 Å². The molecule has 1 fully saturated rings. The highest BCUT2D eigenvalue weighted by atomic mass is 28.2. The zero-order valence-corrected chi connectivity index (χ0v) is 19.4. The van der Waals surface area contributed by atoms with Crippen molar-refractivity contribution < 1.29 is 19.4 Å². The molecule has 1 aliphatic rings. The number of rotatable bonds is 10. The number of phenols is 1. The van der Waals surface area contributed by atoms with Crippen LogP contribution in [0.2, 0.25) is 12.1 Å². The van der Waals surface area contributed by atoms with Crippen LogP contribution in [0.3, 0.4) is 0 Å². The van der Waals surface area contributed by atoms with Crippen LogP contribution in [0.4, 0.5) is 0 Å². The van der Waals surface area contributed by atoms with Crippen molar-refractivity contribution >= 4 is 15.4 Å². The fraction of sp³-hybridized carbons (Fsp3) is 0.682. The van der Waals surface area contributed by atoms with E-state index in [4.69, 9.17) is 9.47 Å². The van der Waals surface area contributed by atoms with Crippen LogP contribution >= 0.6 is 0 Å². The second-order valence-corrected chi connectivity index (χ2v) is 10.0. The molecular formula is C22H37NO4Si. The molecule has 2 rings (SSSR count). The molecular weight excluding hydrogens is 370 g/mol. The van der Waals surface area contributed by atoms with Crippen molar-refractivity contribution in [1.82, 2.24) is 4.90 Å². The Bertz CT molecular complexity index is 629. The van der Waals surface area contributed by atoms with Crippen molar-refractivity contribution in [2.24, 2.45) is 0 Å². The van der Waals surface area contributed by atoms with E-state index in [-0.39, 0.29) is 27.2 Å². The van der Waals surface area contributed by atoms with E-state index in [0.29, 0.717) is 30.6 Å². The number of methoxy groups -OCH3 is 1. The number of ether oxygens (including phenoxy) is 2. The standard InChI is InChI=1S/C22H37NO4Si/c1-5-8-17-13-20(24)21(27-11-7-10-26-4)14-19(17)22(25)23(16(2)3)18-9-6-12-28-15-18/h13-14,16,18,24H,5-12,15,28H2,1-4H3/t18-/m1/s1. The third-order valence-corrected chi connectivity index (χ3v) is 7.52. The highest BCUT2D eigenvalue weighted by Crippen LogP contribution is 2.33. The molecule has 28 heavy (non-hydrogen) atoms. The highest BCUT2D eigenvalue weighted by molar-refractivity contribution is 6.36. The maximum atomic E-state index is 13.6. The van der Waals surface area contributed by atoms with E-state index < -0.39 is 0 Å². The van der Waals surface area contributed by atoms with Gasteiger partial charge in [-0.3, -0.25) is 4.79 Å².